The number of halogens is 1. The second-order valence-electron chi connectivity index (χ2n) is 6.86. The molecule has 0 bridgehead atoms. The number of methoxy groups -OCH3 is 1. The van der Waals surface area contributed by atoms with E-state index < -0.39 is 10.8 Å². The zero-order chi connectivity index (χ0) is 24.9. The van der Waals surface area contributed by atoms with Crippen molar-refractivity contribution in [1.29, 1.82) is 5.26 Å². The number of nitrogens with one attached hydrogen (secondary N) is 1. The lowest BCUT2D eigenvalue weighted by atomic mass is 10.1. The van der Waals surface area contributed by atoms with Gasteiger partial charge in [0.2, 0.25) is 5.13 Å². The molecule has 174 valence electrons. The fourth-order valence-corrected chi connectivity index (χ4v) is 4.10. The number of nitrogens with zero attached hydrogens (tertiary/aromatic N) is 4. The Morgan fingerprint density at radius 3 is 2.74 bits per heavy atom. The van der Waals surface area contributed by atoms with E-state index in [2.05, 4.69) is 15.5 Å². The van der Waals surface area contributed by atoms with Crippen LogP contribution in [-0.4, -0.2) is 28.1 Å². The smallest absolute Gasteiger partial charge is 0.284 e. The summed E-state index contributed by atoms with van der Waals surface area (Å²) in [5, 5.41) is 32.6. The Balaban J connectivity index is 1.55. The first-order valence-corrected chi connectivity index (χ1v) is 11.0. The molecule has 12 heteroatoms. The molecule has 4 aromatic rings. The Labute approximate surface area is 207 Å². The Hall–Kier alpha value is -4.53. The molecular weight excluding hydrogens is 494 g/mol. The number of ether oxygens (including phenoxy) is 1. The first-order chi connectivity index (χ1) is 16.9. The molecule has 0 aliphatic heterocycles. The van der Waals surface area contributed by atoms with Crippen LogP contribution in [0.25, 0.3) is 28.0 Å². The minimum absolute atomic E-state index is 0.158. The maximum absolute atomic E-state index is 12.6. The molecule has 0 atom stereocenters. The van der Waals surface area contributed by atoms with E-state index in [9.17, 15) is 20.2 Å². The fourth-order valence-electron chi connectivity index (χ4n) is 3.05. The number of hydrogen-bond donors (Lipinski definition) is 1. The van der Waals surface area contributed by atoms with Gasteiger partial charge in [0.15, 0.2) is 5.01 Å². The van der Waals surface area contributed by atoms with Crippen LogP contribution >= 0.6 is 22.9 Å². The summed E-state index contributed by atoms with van der Waals surface area (Å²) in [7, 11) is 1.41. The third-order valence-electron chi connectivity index (χ3n) is 4.70. The van der Waals surface area contributed by atoms with Crippen LogP contribution in [0.1, 0.15) is 5.76 Å². The number of aromatic nitrogens is 2. The summed E-state index contributed by atoms with van der Waals surface area (Å²) in [6, 6.07) is 16.2. The second-order valence-corrected chi connectivity index (χ2v) is 8.24. The van der Waals surface area contributed by atoms with Crippen LogP contribution in [0.2, 0.25) is 5.02 Å². The molecule has 0 aliphatic carbocycles. The van der Waals surface area contributed by atoms with Crippen molar-refractivity contribution in [3.05, 3.63) is 81.1 Å². The van der Waals surface area contributed by atoms with Crippen LogP contribution < -0.4 is 10.1 Å². The molecule has 4 rings (SSSR count). The fraction of sp³-hybridized carbons (Fsp3) is 0.0435. The second kappa shape index (κ2) is 10.2. The number of carbonyl (C=O) groups excluding carboxylic acids is 1. The zero-order valence-electron chi connectivity index (χ0n) is 17.9. The predicted molar refractivity (Wildman–Crippen MR) is 130 cm³/mol. The normalized spacial score (nSPS) is 11.1. The molecule has 0 aliphatic rings. The van der Waals surface area contributed by atoms with E-state index in [4.69, 9.17) is 20.8 Å². The first-order valence-electron chi connectivity index (χ1n) is 9.83. The van der Waals surface area contributed by atoms with Crippen LogP contribution in [0, 0.1) is 21.4 Å². The summed E-state index contributed by atoms with van der Waals surface area (Å²) >= 11 is 7.27. The summed E-state index contributed by atoms with van der Waals surface area (Å²) in [5.74, 6) is -0.0460. The summed E-state index contributed by atoms with van der Waals surface area (Å²) in [6.45, 7) is 0. The average Bonchev–Trinajstić information content (AvgIpc) is 3.52. The van der Waals surface area contributed by atoms with Gasteiger partial charge in [0, 0.05) is 11.6 Å². The lowest BCUT2D eigenvalue weighted by Gasteiger charge is -2.03. The number of nitro groups is 1. The molecule has 0 radical (unpaired) electrons. The molecule has 1 N–H and O–H groups in total. The number of furan rings is 1. The van der Waals surface area contributed by atoms with Crippen LogP contribution in [0.4, 0.5) is 10.8 Å². The number of hydrogen-bond acceptors (Lipinski definition) is 9. The van der Waals surface area contributed by atoms with E-state index in [0.717, 1.165) is 11.3 Å². The van der Waals surface area contributed by atoms with Crippen LogP contribution in [0.3, 0.4) is 0 Å². The summed E-state index contributed by atoms with van der Waals surface area (Å²) in [4.78, 5) is 23.5. The van der Waals surface area contributed by atoms with Crippen molar-refractivity contribution in [1.82, 2.24) is 10.2 Å². The highest BCUT2D eigenvalue weighted by atomic mass is 35.5. The number of carbonyl (C=O) groups is 1. The Morgan fingerprint density at radius 1 is 1.23 bits per heavy atom. The van der Waals surface area contributed by atoms with Gasteiger partial charge in [0.1, 0.15) is 28.9 Å². The highest BCUT2D eigenvalue weighted by Gasteiger charge is 2.20. The molecule has 10 nitrogen and oxygen atoms in total. The number of nitriles is 1. The van der Waals surface area contributed by atoms with Crippen molar-refractivity contribution < 1.29 is 18.9 Å². The molecule has 0 unspecified atom stereocenters. The Kier molecular flexibility index (Phi) is 6.86. The number of benzene rings is 2. The van der Waals surface area contributed by atoms with Gasteiger partial charge in [0.25, 0.3) is 11.6 Å². The number of nitro benzene ring substituents is 1. The quantitative estimate of drug-likeness (QED) is 0.148. The Bertz CT molecular complexity index is 1500. The monoisotopic (exact) mass is 507 g/mol. The summed E-state index contributed by atoms with van der Waals surface area (Å²) < 4.78 is 10.7. The molecule has 2 aromatic heterocycles. The van der Waals surface area contributed by atoms with Gasteiger partial charge < -0.3 is 9.15 Å². The van der Waals surface area contributed by atoms with Crippen molar-refractivity contribution in [3.8, 4) is 33.7 Å². The molecule has 35 heavy (non-hydrogen) atoms. The predicted octanol–water partition coefficient (Wildman–Crippen LogP) is 5.58. The van der Waals surface area contributed by atoms with E-state index in [-0.39, 0.29) is 33.5 Å². The van der Waals surface area contributed by atoms with E-state index in [0.29, 0.717) is 21.3 Å². The maximum atomic E-state index is 12.6. The molecule has 0 fully saturated rings. The van der Waals surface area contributed by atoms with Crippen LogP contribution in [-0.2, 0) is 4.79 Å². The van der Waals surface area contributed by atoms with Gasteiger partial charge in [-0.3, -0.25) is 20.2 Å². The van der Waals surface area contributed by atoms with Crippen LogP contribution in [0.15, 0.2) is 64.6 Å². The third kappa shape index (κ3) is 5.19. The third-order valence-corrected chi connectivity index (χ3v) is 5.90. The first kappa shape index (κ1) is 23.6. The zero-order valence-corrected chi connectivity index (χ0v) is 19.5. The molecule has 1 amide bonds. The highest BCUT2D eigenvalue weighted by Crippen LogP contribution is 2.35. The number of amides is 1. The van der Waals surface area contributed by atoms with Crippen molar-refractivity contribution in [2.75, 3.05) is 12.4 Å². The van der Waals surface area contributed by atoms with Crippen molar-refractivity contribution >= 4 is 45.7 Å². The van der Waals surface area contributed by atoms with E-state index in [1.165, 1.54) is 37.5 Å². The SMILES string of the molecule is COc1ccc(-c2ccc(/C=C(/C#N)C(=O)Nc3nnc(-c4ccccc4Cl)s3)o2)c([N+](=O)[O-])c1. The molecule has 0 spiro atoms. The standard InChI is InChI=1S/C23H14ClN5O5S/c1-33-14-6-8-17(19(11-14)29(31)32)20-9-7-15(34-20)10-13(12-25)21(30)26-23-28-27-22(35-23)16-4-2-3-5-18(16)24/h2-11H,1H3,(H,26,28,30)/b13-10-. The van der Waals surface area contributed by atoms with Crippen molar-refractivity contribution in [3.63, 3.8) is 0 Å². The van der Waals surface area contributed by atoms with Crippen molar-refractivity contribution in [2.24, 2.45) is 0 Å². The lowest BCUT2D eigenvalue weighted by molar-refractivity contribution is -0.384. The maximum Gasteiger partial charge on any atom is 0.284 e. The van der Waals surface area contributed by atoms with E-state index in [1.807, 2.05) is 6.07 Å². The lowest BCUT2D eigenvalue weighted by Crippen LogP contribution is -2.13. The van der Waals surface area contributed by atoms with Gasteiger partial charge in [-0.1, -0.05) is 41.1 Å². The average molecular weight is 508 g/mol. The van der Waals surface area contributed by atoms with Crippen LogP contribution in [0.5, 0.6) is 5.75 Å². The van der Waals surface area contributed by atoms with Gasteiger partial charge in [-0.15, -0.1) is 10.2 Å². The van der Waals surface area contributed by atoms with Gasteiger partial charge in [-0.05, 0) is 30.3 Å². The minimum atomic E-state index is -0.720. The van der Waals surface area contributed by atoms with E-state index >= 15 is 0 Å². The largest absolute Gasteiger partial charge is 0.497 e. The van der Waals surface area contributed by atoms with E-state index in [1.54, 1.807) is 30.3 Å². The minimum Gasteiger partial charge on any atom is -0.497 e. The topological polar surface area (TPSA) is 144 Å². The van der Waals surface area contributed by atoms with Gasteiger partial charge in [-0.25, -0.2) is 0 Å². The summed E-state index contributed by atoms with van der Waals surface area (Å²) in [5.41, 5.74) is 0.418. The molecule has 0 saturated heterocycles. The molecular formula is C23H14ClN5O5S. The van der Waals surface area contributed by atoms with Gasteiger partial charge in [-0.2, -0.15) is 5.26 Å². The number of rotatable bonds is 7. The summed E-state index contributed by atoms with van der Waals surface area (Å²) in [6.07, 6.45) is 1.23. The van der Waals surface area contributed by atoms with Gasteiger partial charge >= 0.3 is 0 Å². The number of anilines is 1. The Morgan fingerprint density at radius 2 is 2.03 bits per heavy atom. The van der Waals surface area contributed by atoms with Crippen molar-refractivity contribution in [2.45, 2.75) is 0 Å². The molecule has 0 saturated carbocycles. The molecule has 2 heterocycles. The van der Waals surface area contributed by atoms with Gasteiger partial charge in [0.05, 0.1) is 28.7 Å². The highest BCUT2D eigenvalue weighted by molar-refractivity contribution is 7.18. The molecule has 2 aromatic carbocycles.